The second-order valence-corrected chi connectivity index (χ2v) is 7.25. The van der Waals surface area contributed by atoms with Crippen molar-refractivity contribution in [3.63, 3.8) is 0 Å². The second kappa shape index (κ2) is 8.91. The normalized spacial score (nSPS) is 19.0. The van der Waals surface area contributed by atoms with Gasteiger partial charge in [-0.25, -0.2) is 4.79 Å². The first-order valence-electron chi connectivity index (χ1n) is 9.75. The van der Waals surface area contributed by atoms with E-state index in [1.165, 1.54) is 6.08 Å². The van der Waals surface area contributed by atoms with Gasteiger partial charge in [0.15, 0.2) is 0 Å². The third-order valence-electron chi connectivity index (χ3n) is 5.39. The molecular formula is C21H27N3O4. The first-order valence-corrected chi connectivity index (χ1v) is 9.75. The molecule has 0 bridgehead atoms. The molecule has 1 N–H and O–H groups in total. The molecule has 28 heavy (non-hydrogen) atoms. The van der Waals surface area contributed by atoms with E-state index in [4.69, 9.17) is 4.74 Å². The molecule has 1 aromatic carbocycles. The maximum Gasteiger partial charge on any atom is 0.414 e. The molecule has 3 rings (SSSR count). The Kier molecular flexibility index (Phi) is 6.34. The summed E-state index contributed by atoms with van der Waals surface area (Å²) in [5, 5.41) is 3.06. The fraction of sp³-hybridized carbons (Fsp3) is 0.476. The molecule has 2 heterocycles. The average Bonchev–Trinajstić information content (AvgIpc) is 2.73. The van der Waals surface area contributed by atoms with E-state index < -0.39 is 0 Å². The molecule has 1 aromatic rings. The van der Waals surface area contributed by atoms with Crippen LogP contribution in [-0.4, -0.2) is 49.0 Å². The van der Waals surface area contributed by atoms with Crippen LogP contribution in [0.2, 0.25) is 0 Å². The summed E-state index contributed by atoms with van der Waals surface area (Å²) in [6.45, 7) is 7.73. The summed E-state index contributed by atoms with van der Waals surface area (Å²) in [5.41, 5.74) is 1.77. The largest absolute Gasteiger partial charge is 0.449 e. The molecule has 3 amide bonds. The molecule has 2 aliphatic rings. The molecule has 0 spiro atoms. The number of amides is 3. The molecule has 2 fully saturated rings. The fourth-order valence-corrected chi connectivity index (χ4v) is 3.63. The van der Waals surface area contributed by atoms with Gasteiger partial charge < -0.3 is 15.0 Å². The Bertz CT molecular complexity index is 739. The molecule has 0 aromatic heterocycles. The van der Waals surface area contributed by atoms with Gasteiger partial charge in [0, 0.05) is 31.2 Å². The maximum atomic E-state index is 12.6. The minimum absolute atomic E-state index is 0.0156. The smallest absolute Gasteiger partial charge is 0.414 e. The maximum absolute atomic E-state index is 12.6. The van der Waals surface area contributed by atoms with Crippen molar-refractivity contribution in [1.82, 2.24) is 10.2 Å². The molecule has 150 valence electrons. The van der Waals surface area contributed by atoms with Gasteiger partial charge in [0.25, 0.3) is 0 Å². The van der Waals surface area contributed by atoms with Crippen LogP contribution in [0.5, 0.6) is 0 Å². The molecule has 0 radical (unpaired) electrons. The van der Waals surface area contributed by atoms with Crippen LogP contribution in [0.4, 0.5) is 10.5 Å². The van der Waals surface area contributed by atoms with Crippen LogP contribution in [0.3, 0.4) is 0 Å². The number of carbonyl (C=O) groups is 3. The van der Waals surface area contributed by atoms with E-state index >= 15 is 0 Å². The fourth-order valence-electron chi connectivity index (χ4n) is 3.63. The SMILES string of the molecule is C=CC(=O)N1CCC(C(=O)NC(C)c2ccc(N3CCCOC3=O)cc2)CC1. The van der Waals surface area contributed by atoms with E-state index in [1.54, 1.807) is 9.80 Å². The van der Waals surface area contributed by atoms with Crippen molar-refractivity contribution in [3.8, 4) is 0 Å². The summed E-state index contributed by atoms with van der Waals surface area (Å²) in [7, 11) is 0. The van der Waals surface area contributed by atoms with Crippen molar-refractivity contribution in [3.05, 3.63) is 42.5 Å². The van der Waals surface area contributed by atoms with E-state index in [-0.39, 0.29) is 29.9 Å². The van der Waals surface area contributed by atoms with Crippen LogP contribution in [0.1, 0.15) is 37.8 Å². The highest BCUT2D eigenvalue weighted by Gasteiger charge is 2.27. The van der Waals surface area contributed by atoms with Crippen molar-refractivity contribution in [2.45, 2.75) is 32.2 Å². The quantitative estimate of drug-likeness (QED) is 0.791. The lowest BCUT2D eigenvalue weighted by Gasteiger charge is -2.31. The monoisotopic (exact) mass is 385 g/mol. The lowest BCUT2D eigenvalue weighted by molar-refractivity contribution is -0.132. The number of anilines is 1. The standard InChI is InChI=1S/C21H27N3O4/c1-3-19(25)23-12-9-17(10-13-23)20(26)22-15(2)16-5-7-18(8-6-16)24-11-4-14-28-21(24)27/h3,5-8,15,17H,1,4,9-14H2,2H3,(H,22,26). The zero-order valence-corrected chi connectivity index (χ0v) is 16.2. The van der Waals surface area contributed by atoms with E-state index in [9.17, 15) is 14.4 Å². The molecule has 2 saturated heterocycles. The van der Waals surface area contributed by atoms with Crippen molar-refractivity contribution >= 4 is 23.6 Å². The molecule has 1 unspecified atom stereocenters. The van der Waals surface area contributed by atoms with Gasteiger partial charge in [0.1, 0.15) is 0 Å². The average molecular weight is 385 g/mol. The van der Waals surface area contributed by atoms with E-state index in [1.807, 2.05) is 31.2 Å². The first kappa shape index (κ1) is 19.9. The number of ether oxygens (including phenoxy) is 1. The van der Waals surface area contributed by atoms with Crippen LogP contribution in [0.15, 0.2) is 36.9 Å². The van der Waals surface area contributed by atoms with Crippen LogP contribution in [-0.2, 0) is 14.3 Å². The van der Waals surface area contributed by atoms with Gasteiger partial charge in [-0.1, -0.05) is 18.7 Å². The molecule has 7 heteroatoms. The van der Waals surface area contributed by atoms with Crippen molar-refractivity contribution in [2.75, 3.05) is 31.1 Å². The number of piperidine rings is 1. The van der Waals surface area contributed by atoms with Crippen molar-refractivity contribution in [2.24, 2.45) is 5.92 Å². The molecule has 1 atom stereocenters. The number of nitrogens with one attached hydrogen (secondary N) is 1. The Morgan fingerprint density at radius 2 is 1.89 bits per heavy atom. The Labute approximate surface area is 165 Å². The van der Waals surface area contributed by atoms with Gasteiger partial charge in [-0.2, -0.15) is 0 Å². The summed E-state index contributed by atoms with van der Waals surface area (Å²) in [6.07, 6.45) is 3.14. The van der Waals surface area contributed by atoms with Crippen LogP contribution in [0, 0.1) is 5.92 Å². The second-order valence-electron chi connectivity index (χ2n) is 7.25. The van der Waals surface area contributed by atoms with Crippen LogP contribution >= 0.6 is 0 Å². The van der Waals surface area contributed by atoms with E-state index in [0.29, 0.717) is 39.1 Å². The highest BCUT2D eigenvalue weighted by molar-refractivity contribution is 5.88. The van der Waals surface area contributed by atoms with Gasteiger partial charge >= 0.3 is 6.09 Å². The van der Waals surface area contributed by atoms with E-state index in [0.717, 1.165) is 17.7 Å². The summed E-state index contributed by atoms with van der Waals surface area (Å²) >= 11 is 0. The molecule has 0 aliphatic carbocycles. The highest BCUT2D eigenvalue weighted by Crippen LogP contribution is 2.23. The topological polar surface area (TPSA) is 79.0 Å². The number of likely N-dealkylation sites (tertiary alicyclic amines) is 1. The molecule has 2 aliphatic heterocycles. The minimum Gasteiger partial charge on any atom is -0.449 e. The molecule has 0 saturated carbocycles. The van der Waals surface area contributed by atoms with E-state index in [2.05, 4.69) is 11.9 Å². The van der Waals surface area contributed by atoms with Gasteiger partial charge in [0.05, 0.1) is 12.6 Å². The Morgan fingerprint density at radius 1 is 1.21 bits per heavy atom. The van der Waals surface area contributed by atoms with Crippen molar-refractivity contribution in [1.29, 1.82) is 0 Å². The highest BCUT2D eigenvalue weighted by atomic mass is 16.6. The number of rotatable bonds is 5. The van der Waals surface area contributed by atoms with Crippen LogP contribution < -0.4 is 10.2 Å². The Morgan fingerprint density at radius 3 is 2.50 bits per heavy atom. The van der Waals surface area contributed by atoms with Gasteiger partial charge in [-0.15, -0.1) is 0 Å². The predicted octanol–water partition coefficient (Wildman–Crippen LogP) is 2.64. The van der Waals surface area contributed by atoms with Gasteiger partial charge in [-0.3, -0.25) is 14.5 Å². The molecular weight excluding hydrogens is 358 g/mol. The summed E-state index contributed by atoms with van der Waals surface area (Å²) < 4.78 is 5.07. The number of hydrogen-bond acceptors (Lipinski definition) is 4. The number of nitrogens with zero attached hydrogens (tertiary/aromatic N) is 2. The Balaban J connectivity index is 1.53. The number of carbonyl (C=O) groups excluding carboxylic acids is 3. The lowest BCUT2D eigenvalue weighted by atomic mass is 9.95. The van der Waals surface area contributed by atoms with Crippen LogP contribution in [0.25, 0.3) is 0 Å². The zero-order valence-electron chi connectivity index (χ0n) is 16.2. The predicted molar refractivity (Wildman–Crippen MR) is 106 cm³/mol. The minimum atomic E-state index is -0.318. The van der Waals surface area contributed by atoms with Gasteiger partial charge in [-0.05, 0) is 50.0 Å². The molecule has 7 nitrogen and oxygen atoms in total. The first-order chi connectivity index (χ1) is 13.5. The summed E-state index contributed by atoms with van der Waals surface area (Å²) in [4.78, 5) is 39.4. The zero-order chi connectivity index (χ0) is 20.1. The third-order valence-corrected chi connectivity index (χ3v) is 5.39. The van der Waals surface area contributed by atoms with Gasteiger partial charge in [0.2, 0.25) is 11.8 Å². The summed E-state index contributed by atoms with van der Waals surface area (Å²) in [5.74, 6) is -0.148. The van der Waals surface area contributed by atoms with Crippen molar-refractivity contribution < 1.29 is 19.1 Å². The summed E-state index contributed by atoms with van der Waals surface area (Å²) in [6, 6.07) is 7.47. The number of hydrogen-bond donors (Lipinski definition) is 1. The number of benzene rings is 1. The Hall–Kier alpha value is -2.83. The third kappa shape index (κ3) is 4.52. The number of cyclic esters (lactones) is 1. The lowest BCUT2D eigenvalue weighted by Crippen LogP contribution is -2.43.